The van der Waals surface area contributed by atoms with Crippen LogP contribution in [0.2, 0.25) is 0 Å². The molecule has 2 aromatic rings. The van der Waals surface area contributed by atoms with E-state index in [-0.39, 0.29) is 37.4 Å². The number of fused-ring (bicyclic) bond motifs is 2. The number of anilines is 1. The number of benzene rings is 2. The SMILES string of the molecule is CCN1/C(=C/C=C2\CCCC(/C=C/C3=[N+](CCCCCC(=O)O)c4ccc(S(=O)(=O)[O-])cc4C3(C)CCOCCOCCOCCOCCOC)=C2Cl)C(C)(CCCS(=O)(=O)[O-])c2cc(S(=O)(=O)[O-])ccc21. The van der Waals surface area contributed by atoms with E-state index in [2.05, 4.69) is 4.58 Å². The summed E-state index contributed by atoms with van der Waals surface area (Å²) in [6.07, 6.45) is 11.9. The standard InChI is InChI=1S/C50H69ClN2O16S3/c1-5-52-43-18-16-39(71(59,60)61)35-41(43)49(2,22-10-34-70(56,57)58)45(52)20-14-37-11-9-12-38(48(37)51)15-21-46-50(3,23-25-66-28-29-68-32-33-69-31-30-67-27-26-65-4)42-36-40(72(62,63)64)17-19-44(42)53(46)24-8-6-7-13-47(54)55/h14-21,35-36H,5-13,22-34H2,1-4H3,(H3-,54,55,56,57,58,59,60,61,62,63,64)/p-2. The number of methoxy groups -OCH3 is 1. The summed E-state index contributed by atoms with van der Waals surface area (Å²) < 4.78 is 138. The Hall–Kier alpha value is -3.84. The maximum atomic E-state index is 12.4. The van der Waals surface area contributed by atoms with Crippen molar-refractivity contribution in [2.75, 3.05) is 90.3 Å². The second kappa shape index (κ2) is 26.6. The minimum atomic E-state index is -4.83. The highest BCUT2D eigenvalue weighted by atomic mass is 35.5. The van der Waals surface area contributed by atoms with Crippen LogP contribution in [0.15, 0.2) is 92.4 Å². The lowest BCUT2D eigenvalue weighted by Crippen LogP contribution is -2.33. The average molecular weight is 1080 g/mol. The zero-order valence-electron chi connectivity index (χ0n) is 41.4. The van der Waals surface area contributed by atoms with E-state index in [9.17, 15) is 48.8 Å². The van der Waals surface area contributed by atoms with E-state index < -0.39 is 57.8 Å². The van der Waals surface area contributed by atoms with Crippen molar-refractivity contribution in [2.24, 2.45) is 0 Å². The molecule has 2 heterocycles. The third kappa shape index (κ3) is 15.8. The van der Waals surface area contributed by atoms with Crippen molar-refractivity contribution in [2.45, 2.75) is 106 Å². The van der Waals surface area contributed by atoms with Gasteiger partial charge in [0.1, 0.15) is 26.8 Å². The Morgan fingerprint density at radius 1 is 0.750 bits per heavy atom. The minimum Gasteiger partial charge on any atom is -0.748 e. The van der Waals surface area contributed by atoms with E-state index in [1.54, 1.807) is 19.2 Å². The van der Waals surface area contributed by atoms with E-state index >= 15 is 0 Å². The first kappa shape index (κ1) is 59.0. The van der Waals surface area contributed by atoms with Crippen LogP contribution in [0.4, 0.5) is 11.4 Å². The number of hydrogen-bond acceptors (Lipinski definition) is 16. The van der Waals surface area contributed by atoms with Gasteiger partial charge in [-0.2, -0.15) is 4.58 Å². The van der Waals surface area contributed by atoms with Gasteiger partial charge in [0.05, 0.1) is 78.2 Å². The third-order valence-electron chi connectivity index (χ3n) is 13.3. The van der Waals surface area contributed by atoms with Crippen LogP contribution in [0.5, 0.6) is 0 Å². The molecule has 1 N–H and O–H groups in total. The number of aliphatic carboxylic acids is 1. The Balaban J connectivity index is 1.46. The third-order valence-corrected chi connectivity index (χ3v) is 16.2. The molecule has 0 spiro atoms. The lowest BCUT2D eigenvalue weighted by molar-refractivity contribution is -0.438. The molecule has 2 aromatic carbocycles. The summed E-state index contributed by atoms with van der Waals surface area (Å²) in [5.74, 6) is -1.51. The Morgan fingerprint density at radius 2 is 1.35 bits per heavy atom. The molecule has 2 aliphatic heterocycles. The molecule has 0 bridgehead atoms. The predicted octanol–water partition coefficient (Wildman–Crippen LogP) is 6.77. The maximum Gasteiger partial charge on any atom is 0.303 e. The van der Waals surface area contributed by atoms with Gasteiger partial charge in [0.2, 0.25) is 5.69 Å². The molecule has 2 unspecified atom stereocenters. The number of allylic oxidation sites excluding steroid dienone is 8. The number of nitrogens with zero attached hydrogens (tertiary/aromatic N) is 2. The zero-order chi connectivity index (χ0) is 52.7. The highest BCUT2D eigenvalue weighted by Gasteiger charge is 2.48. The van der Waals surface area contributed by atoms with Crippen LogP contribution in [0.25, 0.3) is 0 Å². The summed E-state index contributed by atoms with van der Waals surface area (Å²) in [5.41, 5.74) is 3.75. The van der Waals surface area contributed by atoms with Gasteiger partial charge in [0.25, 0.3) is 0 Å². The number of likely N-dealkylation sites (N-methyl/N-ethyl adjacent to an activating group) is 1. The number of ether oxygens (including phenoxy) is 5. The van der Waals surface area contributed by atoms with Gasteiger partial charge in [0, 0.05) is 78.4 Å². The van der Waals surface area contributed by atoms with Crippen LogP contribution in [-0.2, 0) is 69.7 Å². The van der Waals surface area contributed by atoms with Gasteiger partial charge in [0.15, 0.2) is 5.71 Å². The van der Waals surface area contributed by atoms with Gasteiger partial charge in [-0.15, -0.1) is 0 Å². The topological polar surface area (TPSA) is 261 Å². The molecule has 0 saturated carbocycles. The fourth-order valence-electron chi connectivity index (χ4n) is 9.55. The molecule has 72 heavy (non-hydrogen) atoms. The molecule has 3 aliphatic rings. The van der Waals surface area contributed by atoms with Crippen molar-refractivity contribution >= 4 is 65.0 Å². The summed E-state index contributed by atoms with van der Waals surface area (Å²) in [4.78, 5) is 12.5. The quantitative estimate of drug-likeness (QED) is 0.0464. The second-order valence-electron chi connectivity index (χ2n) is 18.2. The second-order valence-corrected chi connectivity index (χ2v) is 22.9. The van der Waals surface area contributed by atoms with Gasteiger partial charge in [-0.05, 0) is 125 Å². The number of carboxylic acid groups (broad SMARTS) is 1. The Bertz CT molecular complexity index is 2740. The Labute approximate surface area is 429 Å². The normalized spacial score (nSPS) is 20.7. The Morgan fingerprint density at radius 3 is 1.93 bits per heavy atom. The summed E-state index contributed by atoms with van der Waals surface area (Å²) in [6, 6.07) is 8.50. The molecule has 2 atom stereocenters. The van der Waals surface area contributed by atoms with Gasteiger partial charge < -0.3 is 47.3 Å². The van der Waals surface area contributed by atoms with Crippen LogP contribution in [0.1, 0.15) is 96.1 Å². The van der Waals surface area contributed by atoms with Crippen LogP contribution < -0.4 is 4.90 Å². The summed E-state index contributed by atoms with van der Waals surface area (Å²) in [6.45, 7) is 10.0. The molecule has 22 heteroatoms. The first-order chi connectivity index (χ1) is 34.0. The highest BCUT2D eigenvalue weighted by Crippen LogP contribution is 2.51. The molecule has 0 fully saturated rings. The number of halogens is 1. The number of unbranched alkanes of at least 4 members (excludes halogenated alkanes) is 2. The molecule has 0 aromatic heterocycles. The molecule has 0 saturated heterocycles. The van der Waals surface area contributed by atoms with Crippen LogP contribution in [0, 0.1) is 0 Å². The van der Waals surface area contributed by atoms with Crippen molar-refractivity contribution in [3.63, 3.8) is 0 Å². The van der Waals surface area contributed by atoms with Gasteiger partial charge >= 0.3 is 5.97 Å². The van der Waals surface area contributed by atoms with Gasteiger partial charge in [-0.1, -0.05) is 23.8 Å². The molecule has 0 amide bonds. The lowest BCUT2D eigenvalue weighted by atomic mass is 9.76. The van der Waals surface area contributed by atoms with Crippen molar-refractivity contribution in [3.8, 4) is 0 Å². The number of carboxylic acids is 1. The first-order valence-corrected chi connectivity index (χ1v) is 28.9. The minimum absolute atomic E-state index is 0.0177. The first-order valence-electron chi connectivity index (χ1n) is 24.1. The zero-order valence-corrected chi connectivity index (χ0v) is 44.6. The molecule has 0 radical (unpaired) electrons. The molecular formula is C50H67ClN2O16S3-2. The average Bonchev–Trinajstić information content (AvgIpc) is 3.69. The van der Waals surface area contributed by atoms with Gasteiger partial charge in [-0.25, -0.2) is 25.3 Å². The van der Waals surface area contributed by atoms with Gasteiger partial charge in [-0.3, -0.25) is 4.79 Å². The van der Waals surface area contributed by atoms with Crippen LogP contribution in [-0.4, -0.2) is 146 Å². The smallest absolute Gasteiger partial charge is 0.303 e. The van der Waals surface area contributed by atoms with Crippen molar-refractivity contribution in [1.82, 2.24) is 0 Å². The molecule has 5 rings (SSSR count). The molecule has 1 aliphatic carbocycles. The van der Waals surface area contributed by atoms with Crippen LogP contribution in [0.3, 0.4) is 0 Å². The highest BCUT2D eigenvalue weighted by molar-refractivity contribution is 7.86. The molecular weight excluding hydrogens is 1020 g/mol. The Kier molecular flexibility index (Phi) is 21.8. The summed E-state index contributed by atoms with van der Waals surface area (Å²) >= 11 is 7.26. The number of rotatable bonds is 31. The van der Waals surface area contributed by atoms with Crippen LogP contribution >= 0.6 is 11.6 Å². The van der Waals surface area contributed by atoms with E-state index in [4.69, 9.17) is 35.3 Å². The maximum absolute atomic E-state index is 12.4. The lowest BCUT2D eigenvalue weighted by Gasteiger charge is -2.30. The van der Waals surface area contributed by atoms with E-state index in [1.165, 1.54) is 24.3 Å². The summed E-state index contributed by atoms with van der Waals surface area (Å²) in [7, 11) is -12.6. The monoisotopic (exact) mass is 1080 g/mol. The van der Waals surface area contributed by atoms with Crippen molar-refractivity contribution < 1.29 is 77.1 Å². The predicted molar refractivity (Wildman–Crippen MR) is 268 cm³/mol. The van der Waals surface area contributed by atoms with Crippen molar-refractivity contribution in [1.29, 1.82) is 0 Å². The fourth-order valence-corrected chi connectivity index (χ4v) is 11.4. The number of carbonyl (C=O) groups is 1. The molecule has 400 valence electrons. The van der Waals surface area contributed by atoms with E-state index in [0.29, 0.717) is 131 Å². The summed E-state index contributed by atoms with van der Waals surface area (Å²) in [5, 5.41) is 9.76. The fraction of sp³-hybridized carbons (Fsp3) is 0.560. The molecule has 18 nitrogen and oxygen atoms in total. The number of hydrogen-bond donors (Lipinski definition) is 1. The van der Waals surface area contributed by atoms with E-state index in [0.717, 1.165) is 23.3 Å². The largest absolute Gasteiger partial charge is 0.748 e. The van der Waals surface area contributed by atoms with E-state index in [1.807, 2.05) is 50.0 Å². The van der Waals surface area contributed by atoms with Crippen molar-refractivity contribution in [3.05, 3.63) is 93.7 Å².